The van der Waals surface area contributed by atoms with E-state index >= 15 is 0 Å². The van der Waals surface area contributed by atoms with Gasteiger partial charge in [-0.1, -0.05) is 0 Å². The van der Waals surface area contributed by atoms with Gasteiger partial charge in [-0.25, -0.2) is 13.2 Å². The molecule has 0 saturated carbocycles. The fourth-order valence-corrected chi connectivity index (χ4v) is 2.03. The smallest absolute Gasteiger partial charge is 0.241 e. The Morgan fingerprint density at radius 2 is 1.60 bits per heavy atom. The highest BCUT2D eigenvalue weighted by atomic mass is 35.8. The molecule has 7 heteroatoms. The molecule has 0 amide bonds. The van der Waals surface area contributed by atoms with Crippen LogP contribution in [0.4, 0.5) is 13.2 Å². The van der Waals surface area contributed by atoms with Gasteiger partial charge >= 0.3 is 11.5 Å². The van der Waals surface area contributed by atoms with E-state index in [1.54, 1.807) is 0 Å². The Morgan fingerprint density at radius 1 is 1.30 bits per heavy atom. The predicted octanol–water partition coefficient (Wildman–Crippen LogP) is 3.17. The molecule has 0 aliphatic rings. The van der Waals surface area contributed by atoms with E-state index in [9.17, 15) is 13.2 Å². The van der Waals surface area contributed by atoms with Gasteiger partial charge in [0, 0.05) is 0 Å². The first-order chi connectivity index (χ1) is 4.19. The van der Waals surface area contributed by atoms with Crippen molar-refractivity contribution in [1.29, 1.82) is 0 Å². The van der Waals surface area contributed by atoms with Gasteiger partial charge in [-0.05, 0) is 6.92 Å². The molecule has 10 heavy (non-hydrogen) atoms. The highest BCUT2D eigenvalue weighted by molar-refractivity contribution is 7.65. The van der Waals surface area contributed by atoms with Crippen molar-refractivity contribution in [2.45, 2.75) is 18.6 Å². The van der Waals surface area contributed by atoms with Gasteiger partial charge in [-0.2, -0.15) is 0 Å². The zero-order valence-electron chi connectivity index (χ0n) is 4.85. The lowest BCUT2D eigenvalue weighted by molar-refractivity contribution is 0.0106. The van der Waals surface area contributed by atoms with Gasteiger partial charge in [0.05, 0.1) is 0 Å². The minimum absolute atomic E-state index is 0.662. The van der Waals surface area contributed by atoms with Crippen molar-refractivity contribution in [3.05, 3.63) is 0 Å². The Labute approximate surface area is 71.4 Å². The Morgan fingerprint density at radius 3 is 1.60 bits per heavy atom. The maximum Gasteiger partial charge on any atom is 0.419 e. The number of alkyl halides is 3. The molecule has 62 valence electrons. The first kappa shape index (κ1) is 10.9. The van der Waals surface area contributed by atoms with E-state index in [0.29, 0.717) is 6.92 Å². The van der Waals surface area contributed by atoms with Crippen LogP contribution in [0.2, 0.25) is 0 Å². The van der Waals surface area contributed by atoms with Crippen LogP contribution in [0.5, 0.6) is 0 Å². The Kier molecular flexibility index (Phi) is 3.36. The third kappa shape index (κ3) is 2.18. The quantitative estimate of drug-likeness (QED) is 0.506. The molecule has 0 bridgehead atoms. The third-order valence-electron chi connectivity index (χ3n) is 0.878. The maximum atomic E-state index is 12.3. The Hall–Kier alpha value is 0.877. The number of rotatable bonds is 2. The molecule has 0 aliphatic heterocycles. The summed E-state index contributed by atoms with van der Waals surface area (Å²) >= 11 is 14.7. The Bertz CT molecular complexity index is 121. The van der Waals surface area contributed by atoms with Crippen LogP contribution in [0.1, 0.15) is 6.92 Å². The minimum Gasteiger partial charge on any atom is -0.241 e. The average molecular weight is 232 g/mol. The summed E-state index contributed by atoms with van der Waals surface area (Å²) in [4.78, 5) is 0. The molecule has 0 spiro atoms. The van der Waals surface area contributed by atoms with Crippen LogP contribution in [-0.2, 0) is 0 Å². The van der Waals surface area contributed by atoms with E-state index in [1.807, 2.05) is 0 Å². The lowest BCUT2D eigenvalue weighted by atomic mass is 10.5. The summed E-state index contributed by atoms with van der Waals surface area (Å²) in [6.45, 7) is 0.662. The fourth-order valence-electron chi connectivity index (χ4n) is 0.226. The fraction of sp³-hybridized carbons (Fsp3) is 1.00. The van der Waals surface area contributed by atoms with Crippen LogP contribution in [0.15, 0.2) is 0 Å². The predicted molar refractivity (Wildman–Crippen MR) is 38.8 cm³/mol. The van der Waals surface area contributed by atoms with Crippen LogP contribution >= 0.6 is 33.2 Å². The Balaban J connectivity index is 4.40. The molecule has 0 rings (SSSR count). The van der Waals surface area contributed by atoms with E-state index < -0.39 is 17.7 Å². The molecule has 0 fully saturated rings. The molecule has 0 radical (unpaired) electrons. The van der Waals surface area contributed by atoms with E-state index in [0.717, 1.165) is 0 Å². The summed E-state index contributed by atoms with van der Waals surface area (Å²) in [6.07, 6.45) is -2.41. The number of halogens is 6. The molecule has 0 aromatic carbocycles. The standard InChI is InChI=1S/C3H4Cl3F3Si/c1-2(7)3(8,9)10(4,5)6/h2H,1H3. The SMILES string of the molecule is CC(F)C(F)(F)[Si](Cl)(Cl)Cl. The first-order valence-electron chi connectivity index (χ1n) is 2.28. The van der Waals surface area contributed by atoms with Crippen LogP contribution in [0.3, 0.4) is 0 Å². The maximum absolute atomic E-state index is 12.3. The first-order valence-corrected chi connectivity index (χ1v) is 7.31. The third-order valence-corrected chi connectivity index (χ3v) is 4.30. The van der Waals surface area contributed by atoms with Crippen LogP contribution < -0.4 is 0 Å². The summed E-state index contributed by atoms with van der Waals surface area (Å²) < 4.78 is 36.7. The molecular weight excluding hydrogens is 227 g/mol. The van der Waals surface area contributed by atoms with Gasteiger partial charge in [0.2, 0.25) is 0 Å². The summed E-state index contributed by atoms with van der Waals surface area (Å²) in [6, 6.07) is -4.24. The highest BCUT2D eigenvalue weighted by Crippen LogP contribution is 2.40. The van der Waals surface area contributed by atoms with Crippen LogP contribution in [0.25, 0.3) is 0 Å². The van der Waals surface area contributed by atoms with Crippen LogP contribution in [-0.4, -0.2) is 17.7 Å². The van der Waals surface area contributed by atoms with Crippen molar-refractivity contribution in [3.63, 3.8) is 0 Å². The van der Waals surface area contributed by atoms with Gasteiger partial charge in [-0.15, -0.1) is 33.2 Å². The van der Waals surface area contributed by atoms with E-state index in [4.69, 9.17) is 33.2 Å². The molecule has 1 atom stereocenters. The number of hydrogen-bond donors (Lipinski definition) is 0. The molecular formula is C3H4Cl3F3Si. The molecule has 0 N–H and O–H groups in total. The number of hydrogen-bond acceptors (Lipinski definition) is 0. The van der Waals surface area contributed by atoms with Gasteiger partial charge < -0.3 is 0 Å². The summed E-state index contributed by atoms with van der Waals surface area (Å²) in [5, 5.41) is 0. The van der Waals surface area contributed by atoms with E-state index in [1.165, 1.54) is 0 Å². The van der Waals surface area contributed by atoms with Gasteiger partial charge in [0.15, 0.2) is 6.17 Å². The zero-order chi connectivity index (χ0) is 8.58. The second-order valence-corrected chi connectivity index (χ2v) is 10.2. The van der Waals surface area contributed by atoms with Gasteiger partial charge in [0.1, 0.15) is 0 Å². The highest BCUT2D eigenvalue weighted by Gasteiger charge is 2.58. The van der Waals surface area contributed by atoms with Gasteiger partial charge in [0.25, 0.3) is 0 Å². The van der Waals surface area contributed by atoms with Crippen molar-refractivity contribution in [1.82, 2.24) is 0 Å². The lowest BCUT2D eigenvalue weighted by Gasteiger charge is -2.22. The summed E-state index contributed by atoms with van der Waals surface area (Å²) in [5.74, 6) is 0. The van der Waals surface area contributed by atoms with Gasteiger partial charge in [-0.3, -0.25) is 0 Å². The lowest BCUT2D eigenvalue weighted by Crippen LogP contribution is -2.45. The summed E-state index contributed by atoms with van der Waals surface area (Å²) in [5.41, 5.74) is -3.79. The molecule has 1 unspecified atom stereocenters. The zero-order valence-corrected chi connectivity index (χ0v) is 8.11. The second-order valence-electron chi connectivity index (χ2n) is 1.74. The average Bonchev–Trinajstić information content (AvgIpc) is 1.62. The molecule has 0 saturated heterocycles. The molecule has 0 aromatic heterocycles. The summed E-state index contributed by atoms with van der Waals surface area (Å²) in [7, 11) is 0. The molecule has 0 heterocycles. The second kappa shape index (κ2) is 3.09. The topological polar surface area (TPSA) is 0 Å². The monoisotopic (exact) mass is 230 g/mol. The van der Waals surface area contributed by atoms with Crippen molar-refractivity contribution >= 4 is 39.2 Å². The van der Waals surface area contributed by atoms with Crippen molar-refractivity contribution < 1.29 is 13.2 Å². The van der Waals surface area contributed by atoms with Crippen molar-refractivity contribution in [3.8, 4) is 0 Å². The molecule has 0 aromatic rings. The van der Waals surface area contributed by atoms with Crippen LogP contribution in [0, 0.1) is 0 Å². The largest absolute Gasteiger partial charge is 0.419 e. The van der Waals surface area contributed by atoms with E-state index in [2.05, 4.69) is 0 Å². The van der Waals surface area contributed by atoms with E-state index in [-0.39, 0.29) is 0 Å². The minimum atomic E-state index is -4.24. The van der Waals surface area contributed by atoms with Crippen molar-refractivity contribution in [2.75, 3.05) is 0 Å². The van der Waals surface area contributed by atoms with Crippen molar-refractivity contribution in [2.24, 2.45) is 0 Å². The molecule has 0 nitrogen and oxygen atoms in total. The molecule has 0 aliphatic carbocycles. The normalized spacial score (nSPS) is 17.1.